The van der Waals surface area contributed by atoms with E-state index in [1.807, 2.05) is 36.2 Å². The number of aryl methyl sites for hydroxylation is 1. The highest BCUT2D eigenvalue weighted by atomic mass is 31.1. The predicted molar refractivity (Wildman–Crippen MR) is 117 cm³/mol. The van der Waals surface area contributed by atoms with Gasteiger partial charge >= 0.3 is 0 Å². The van der Waals surface area contributed by atoms with Gasteiger partial charge in [0.25, 0.3) is 5.91 Å². The van der Waals surface area contributed by atoms with Crippen LogP contribution in [0.25, 0.3) is 16.4 Å². The molecule has 0 aliphatic carbocycles. The Labute approximate surface area is 172 Å². The van der Waals surface area contributed by atoms with Crippen molar-refractivity contribution in [3.63, 3.8) is 0 Å². The molecule has 1 aromatic heterocycles. The van der Waals surface area contributed by atoms with Crippen molar-refractivity contribution < 1.29 is 9.21 Å². The third-order valence-electron chi connectivity index (χ3n) is 5.58. The van der Waals surface area contributed by atoms with Crippen LogP contribution in [-0.2, 0) is 4.79 Å². The van der Waals surface area contributed by atoms with Crippen molar-refractivity contribution in [1.29, 1.82) is 0 Å². The lowest BCUT2D eigenvalue weighted by atomic mass is 10.1. The zero-order chi connectivity index (χ0) is 20.1. The Balaban J connectivity index is 1.40. The summed E-state index contributed by atoms with van der Waals surface area (Å²) in [6.07, 6.45) is 8.15. The molecule has 6 nitrogen and oxygen atoms in total. The number of piperazine rings is 1. The number of carbonyl (C=O) groups is 1. The van der Waals surface area contributed by atoms with Crippen LogP contribution < -0.4 is 5.32 Å². The minimum Gasteiger partial charge on any atom is -0.441 e. The van der Waals surface area contributed by atoms with E-state index in [0.29, 0.717) is 26.6 Å². The highest BCUT2D eigenvalue weighted by Gasteiger charge is 2.31. The van der Waals surface area contributed by atoms with Crippen LogP contribution in [0, 0.1) is 6.92 Å². The molecule has 1 amide bonds. The van der Waals surface area contributed by atoms with E-state index in [-0.39, 0.29) is 11.7 Å². The Morgan fingerprint density at radius 1 is 1.24 bits per heavy atom. The van der Waals surface area contributed by atoms with E-state index in [0.717, 1.165) is 40.8 Å². The molecular weight excluding hydrogens is 383 g/mol. The third kappa shape index (κ3) is 3.52. The number of rotatable bonds is 2. The lowest BCUT2D eigenvalue weighted by Crippen LogP contribution is -2.54. The molecule has 7 heteroatoms. The van der Waals surface area contributed by atoms with Crippen molar-refractivity contribution in [3.8, 4) is 0 Å². The minimum atomic E-state index is 0.0377. The van der Waals surface area contributed by atoms with E-state index < -0.39 is 0 Å². The van der Waals surface area contributed by atoms with Gasteiger partial charge in [0.15, 0.2) is 11.5 Å². The molecule has 0 spiro atoms. The fourth-order valence-corrected chi connectivity index (χ4v) is 5.75. The summed E-state index contributed by atoms with van der Waals surface area (Å²) < 4.78 is 5.67. The summed E-state index contributed by atoms with van der Waals surface area (Å²) in [4.78, 5) is 21.6. The first-order valence-electron chi connectivity index (χ1n) is 10.1. The van der Waals surface area contributed by atoms with Crippen molar-refractivity contribution in [2.75, 3.05) is 13.1 Å². The van der Waals surface area contributed by atoms with Gasteiger partial charge in [-0.2, -0.15) is 0 Å². The van der Waals surface area contributed by atoms with Gasteiger partial charge in [-0.3, -0.25) is 4.79 Å². The molecule has 3 aliphatic rings. The maximum absolute atomic E-state index is 12.9. The zero-order valence-electron chi connectivity index (χ0n) is 16.8. The molecule has 0 bridgehead atoms. The van der Waals surface area contributed by atoms with Crippen LogP contribution in [0.3, 0.4) is 0 Å². The Kier molecular flexibility index (Phi) is 4.56. The van der Waals surface area contributed by atoms with E-state index >= 15 is 0 Å². The van der Waals surface area contributed by atoms with Gasteiger partial charge in [-0.25, -0.2) is 4.98 Å². The second-order valence-corrected chi connectivity index (χ2v) is 9.51. The van der Waals surface area contributed by atoms with Crippen LogP contribution in [0.5, 0.6) is 0 Å². The molecular formula is C22H25N4O2P. The van der Waals surface area contributed by atoms with Gasteiger partial charge in [-0.1, -0.05) is 20.7 Å². The number of nitrogens with one attached hydrogen (secondary N) is 1. The number of nitrogens with zero attached hydrogens (tertiary/aromatic N) is 3. The molecule has 4 atom stereocenters. The van der Waals surface area contributed by atoms with Crippen LogP contribution in [-0.4, -0.2) is 51.6 Å². The van der Waals surface area contributed by atoms with Crippen molar-refractivity contribution >= 4 is 30.9 Å². The molecule has 5 rings (SSSR count). The maximum atomic E-state index is 12.9. The molecule has 150 valence electrons. The summed E-state index contributed by atoms with van der Waals surface area (Å²) in [6, 6.07) is 6.86. The van der Waals surface area contributed by atoms with Gasteiger partial charge in [0, 0.05) is 44.4 Å². The van der Waals surface area contributed by atoms with Crippen LogP contribution in [0.4, 0.5) is 0 Å². The van der Waals surface area contributed by atoms with Crippen LogP contribution in [0.1, 0.15) is 25.3 Å². The lowest BCUT2D eigenvalue weighted by molar-refractivity contribution is -0.123. The SMILES string of the molecule is Cc1nc2ccc(C3=CC(=O)N4C=C(N5C[C@@H](C)N[C@@H](C)C5)C=CC4P3)cc2o1. The number of oxazole rings is 1. The van der Waals surface area contributed by atoms with Crippen LogP contribution >= 0.6 is 8.58 Å². The third-order valence-corrected chi connectivity index (χ3v) is 7.09. The Hall–Kier alpha value is -2.43. The van der Waals surface area contributed by atoms with Crippen molar-refractivity contribution in [2.45, 2.75) is 38.6 Å². The highest BCUT2D eigenvalue weighted by molar-refractivity contribution is 7.51. The average Bonchev–Trinajstić information content (AvgIpc) is 3.06. The van der Waals surface area contributed by atoms with Gasteiger partial charge in [0.2, 0.25) is 0 Å². The van der Waals surface area contributed by atoms with Crippen LogP contribution in [0.2, 0.25) is 0 Å². The largest absolute Gasteiger partial charge is 0.441 e. The van der Waals surface area contributed by atoms with Gasteiger partial charge in [-0.15, -0.1) is 0 Å². The molecule has 1 fully saturated rings. The van der Waals surface area contributed by atoms with E-state index in [2.05, 4.69) is 41.2 Å². The van der Waals surface area contributed by atoms with Crippen molar-refractivity contribution in [2.24, 2.45) is 0 Å². The summed E-state index contributed by atoms with van der Waals surface area (Å²) in [5.74, 6) is 0.774. The number of benzene rings is 1. The molecule has 1 aromatic carbocycles. The molecule has 0 radical (unpaired) electrons. The fourth-order valence-electron chi connectivity index (χ4n) is 4.36. The van der Waals surface area contributed by atoms with E-state index in [9.17, 15) is 4.79 Å². The quantitative estimate of drug-likeness (QED) is 0.772. The first-order valence-corrected chi connectivity index (χ1v) is 11.1. The zero-order valence-corrected chi connectivity index (χ0v) is 17.8. The van der Waals surface area contributed by atoms with Gasteiger partial charge in [0.05, 0.1) is 11.5 Å². The Bertz CT molecular complexity index is 1060. The number of allylic oxidation sites excluding steroid dienone is 1. The number of hydrogen-bond acceptors (Lipinski definition) is 5. The number of fused-ring (bicyclic) bond motifs is 2. The van der Waals surface area contributed by atoms with Gasteiger partial charge < -0.3 is 19.5 Å². The van der Waals surface area contributed by atoms with Gasteiger partial charge in [0.1, 0.15) is 5.52 Å². The van der Waals surface area contributed by atoms with E-state index in [1.165, 1.54) is 0 Å². The maximum Gasteiger partial charge on any atom is 0.252 e. The second-order valence-electron chi connectivity index (χ2n) is 8.09. The lowest BCUT2D eigenvalue weighted by Gasteiger charge is -2.41. The molecule has 1 saturated heterocycles. The monoisotopic (exact) mass is 408 g/mol. The number of hydrogen-bond donors (Lipinski definition) is 1. The molecule has 2 aromatic rings. The average molecular weight is 408 g/mol. The summed E-state index contributed by atoms with van der Waals surface area (Å²) in [6.45, 7) is 8.15. The van der Waals surface area contributed by atoms with Crippen molar-refractivity contribution in [3.05, 3.63) is 59.8 Å². The Morgan fingerprint density at radius 2 is 2.03 bits per heavy atom. The number of carbonyl (C=O) groups excluding carboxylic acids is 1. The fraction of sp³-hybridized carbons (Fsp3) is 0.364. The highest BCUT2D eigenvalue weighted by Crippen LogP contribution is 2.45. The predicted octanol–water partition coefficient (Wildman–Crippen LogP) is 3.42. The normalized spacial score (nSPS) is 28.0. The summed E-state index contributed by atoms with van der Waals surface area (Å²) in [5.41, 5.74) is 3.77. The summed E-state index contributed by atoms with van der Waals surface area (Å²) in [7, 11) is 0.494. The van der Waals surface area contributed by atoms with Crippen LogP contribution in [0.15, 0.2) is 52.7 Å². The molecule has 3 aliphatic heterocycles. The molecule has 29 heavy (non-hydrogen) atoms. The van der Waals surface area contributed by atoms with E-state index in [4.69, 9.17) is 4.42 Å². The summed E-state index contributed by atoms with van der Waals surface area (Å²) in [5, 5.41) is 4.63. The minimum absolute atomic E-state index is 0.0377. The molecule has 2 unspecified atom stereocenters. The molecule has 1 N–H and O–H groups in total. The Morgan fingerprint density at radius 3 is 2.83 bits per heavy atom. The number of amides is 1. The van der Waals surface area contributed by atoms with Gasteiger partial charge in [-0.05, 0) is 42.9 Å². The molecule has 0 saturated carbocycles. The first-order chi connectivity index (χ1) is 14.0. The topological polar surface area (TPSA) is 61.6 Å². The number of aromatic nitrogens is 1. The standard InChI is InChI=1S/C22H25N4O2P/c1-13-10-25(11-14(2)23-13)17-5-7-22-26(12-17)21(27)9-20(29-22)16-4-6-18-19(8-16)28-15(3)24-18/h4-9,12-14,22-23,29H,10-11H2,1-3H3/t13-,14+,22?. The molecule has 4 heterocycles. The summed E-state index contributed by atoms with van der Waals surface area (Å²) >= 11 is 0. The smallest absolute Gasteiger partial charge is 0.252 e. The first kappa shape index (κ1) is 18.6. The second kappa shape index (κ2) is 7.12. The van der Waals surface area contributed by atoms with E-state index in [1.54, 1.807) is 6.08 Å². The van der Waals surface area contributed by atoms with Crippen molar-refractivity contribution in [1.82, 2.24) is 20.1 Å².